The summed E-state index contributed by atoms with van der Waals surface area (Å²) in [6.45, 7) is 4.22. The van der Waals surface area contributed by atoms with Crippen LogP contribution in [0.25, 0.3) is 0 Å². The summed E-state index contributed by atoms with van der Waals surface area (Å²) in [5.74, 6) is 0.983. The minimum Gasteiger partial charge on any atom is -0.356 e. The SMILES string of the molecule is CN=C(NCC1(C)CC1)N(C)Cc1nc2c(s1)CCCC2.I. The largest absolute Gasteiger partial charge is 0.356 e. The Morgan fingerprint density at radius 2 is 2.09 bits per heavy atom. The van der Waals surface area contributed by atoms with Crippen molar-refractivity contribution in [3.05, 3.63) is 15.6 Å². The highest BCUT2D eigenvalue weighted by Crippen LogP contribution is 2.44. The summed E-state index contributed by atoms with van der Waals surface area (Å²) in [5, 5.41) is 4.73. The average molecular weight is 434 g/mol. The van der Waals surface area contributed by atoms with Crippen molar-refractivity contribution in [2.45, 2.75) is 52.0 Å². The lowest BCUT2D eigenvalue weighted by Gasteiger charge is -2.22. The number of nitrogens with one attached hydrogen (secondary N) is 1. The molecule has 3 rings (SSSR count). The van der Waals surface area contributed by atoms with Crippen molar-refractivity contribution >= 4 is 41.3 Å². The third-order valence-corrected chi connectivity index (χ3v) is 5.75. The van der Waals surface area contributed by atoms with E-state index in [2.05, 4.69) is 29.2 Å². The van der Waals surface area contributed by atoms with Crippen LogP contribution in [0.4, 0.5) is 0 Å². The van der Waals surface area contributed by atoms with Crippen molar-refractivity contribution in [2.75, 3.05) is 20.6 Å². The van der Waals surface area contributed by atoms with Gasteiger partial charge in [-0.1, -0.05) is 6.92 Å². The van der Waals surface area contributed by atoms with Gasteiger partial charge in [0.15, 0.2) is 5.96 Å². The molecule has 0 spiro atoms. The fourth-order valence-corrected chi connectivity index (χ4v) is 4.03. The number of fused-ring (bicyclic) bond motifs is 1. The van der Waals surface area contributed by atoms with Crippen LogP contribution in [0.3, 0.4) is 0 Å². The molecule has 0 amide bonds. The quantitative estimate of drug-likeness (QED) is 0.449. The monoisotopic (exact) mass is 434 g/mol. The smallest absolute Gasteiger partial charge is 0.193 e. The Bertz CT molecular complexity index is 513. The minimum atomic E-state index is 0. The molecule has 0 radical (unpaired) electrons. The number of aryl methyl sites for hydroxylation is 2. The molecule has 1 aromatic rings. The molecule has 0 saturated heterocycles. The lowest BCUT2D eigenvalue weighted by molar-refractivity contribution is 0.456. The van der Waals surface area contributed by atoms with Crippen LogP contribution in [0.1, 0.15) is 48.2 Å². The number of halogens is 1. The Morgan fingerprint density at radius 1 is 1.36 bits per heavy atom. The van der Waals surface area contributed by atoms with Gasteiger partial charge in [-0.2, -0.15) is 0 Å². The number of guanidine groups is 1. The van der Waals surface area contributed by atoms with E-state index in [9.17, 15) is 0 Å². The zero-order valence-corrected chi connectivity index (χ0v) is 17.0. The normalized spacial score (nSPS) is 19.1. The maximum Gasteiger partial charge on any atom is 0.193 e. The zero-order valence-electron chi connectivity index (χ0n) is 13.8. The highest BCUT2D eigenvalue weighted by atomic mass is 127. The van der Waals surface area contributed by atoms with Gasteiger partial charge in [-0.05, 0) is 43.9 Å². The number of thiazole rings is 1. The third-order valence-electron chi connectivity index (χ3n) is 4.61. The number of hydrogen-bond donors (Lipinski definition) is 1. The van der Waals surface area contributed by atoms with Crippen LogP contribution >= 0.6 is 35.3 Å². The van der Waals surface area contributed by atoms with Crippen molar-refractivity contribution < 1.29 is 0 Å². The van der Waals surface area contributed by atoms with Crippen LogP contribution in [0.5, 0.6) is 0 Å². The summed E-state index contributed by atoms with van der Waals surface area (Å²) in [7, 11) is 3.96. The Balaban J connectivity index is 0.00000176. The van der Waals surface area contributed by atoms with E-state index in [1.807, 2.05) is 18.4 Å². The second kappa shape index (κ2) is 7.47. The van der Waals surface area contributed by atoms with E-state index in [4.69, 9.17) is 4.98 Å². The molecule has 1 saturated carbocycles. The van der Waals surface area contributed by atoms with Gasteiger partial charge < -0.3 is 10.2 Å². The van der Waals surface area contributed by atoms with Gasteiger partial charge in [-0.15, -0.1) is 35.3 Å². The molecule has 4 nitrogen and oxygen atoms in total. The molecule has 1 aromatic heterocycles. The predicted octanol–water partition coefficient (Wildman–Crippen LogP) is 3.45. The van der Waals surface area contributed by atoms with Gasteiger partial charge in [0.1, 0.15) is 5.01 Å². The van der Waals surface area contributed by atoms with E-state index in [0.29, 0.717) is 5.41 Å². The number of aliphatic imine (C=N–C) groups is 1. The van der Waals surface area contributed by atoms with E-state index in [-0.39, 0.29) is 24.0 Å². The highest BCUT2D eigenvalue weighted by molar-refractivity contribution is 14.0. The maximum atomic E-state index is 4.82. The first-order valence-corrected chi connectivity index (χ1v) is 8.80. The van der Waals surface area contributed by atoms with Gasteiger partial charge in [0.25, 0.3) is 0 Å². The molecule has 0 bridgehead atoms. The fourth-order valence-electron chi connectivity index (χ4n) is 2.82. The summed E-state index contributed by atoms with van der Waals surface area (Å²) in [6, 6.07) is 0. The van der Waals surface area contributed by atoms with Gasteiger partial charge in [-0.25, -0.2) is 4.98 Å². The van der Waals surface area contributed by atoms with Crippen LogP contribution < -0.4 is 5.32 Å². The number of hydrogen-bond acceptors (Lipinski definition) is 3. The van der Waals surface area contributed by atoms with E-state index < -0.39 is 0 Å². The van der Waals surface area contributed by atoms with E-state index in [0.717, 1.165) is 19.0 Å². The molecule has 1 N–H and O–H groups in total. The molecule has 6 heteroatoms. The first kappa shape index (κ1) is 18.0. The summed E-state index contributed by atoms with van der Waals surface area (Å²) in [5.41, 5.74) is 1.85. The first-order valence-electron chi connectivity index (χ1n) is 7.99. The predicted molar refractivity (Wildman–Crippen MR) is 104 cm³/mol. The van der Waals surface area contributed by atoms with E-state index >= 15 is 0 Å². The van der Waals surface area contributed by atoms with Gasteiger partial charge in [0, 0.05) is 25.5 Å². The molecule has 124 valence electrons. The summed E-state index contributed by atoms with van der Waals surface area (Å²) < 4.78 is 0. The zero-order chi connectivity index (χ0) is 14.9. The molecule has 22 heavy (non-hydrogen) atoms. The molecule has 1 heterocycles. The summed E-state index contributed by atoms with van der Waals surface area (Å²) in [4.78, 5) is 12.9. The van der Waals surface area contributed by atoms with Gasteiger partial charge in [0.2, 0.25) is 0 Å². The van der Waals surface area contributed by atoms with Crippen LogP contribution in [0.2, 0.25) is 0 Å². The van der Waals surface area contributed by atoms with Crippen molar-refractivity contribution in [3.8, 4) is 0 Å². The van der Waals surface area contributed by atoms with Crippen molar-refractivity contribution in [1.29, 1.82) is 0 Å². The second-order valence-electron chi connectivity index (χ2n) is 6.75. The number of nitrogens with zero attached hydrogens (tertiary/aromatic N) is 3. The molecule has 0 unspecified atom stereocenters. The third kappa shape index (κ3) is 4.34. The molecular weight excluding hydrogens is 407 g/mol. The molecule has 0 aromatic carbocycles. The number of rotatable bonds is 4. The summed E-state index contributed by atoms with van der Waals surface area (Å²) in [6.07, 6.45) is 7.68. The molecular formula is C16H27IN4S. The van der Waals surface area contributed by atoms with Crippen molar-refractivity contribution in [3.63, 3.8) is 0 Å². The first-order chi connectivity index (χ1) is 10.1. The van der Waals surface area contributed by atoms with Crippen LogP contribution in [0, 0.1) is 5.41 Å². The van der Waals surface area contributed by atoms with Crippen LogP contribution in [0.15, 0.2) is 4.99 Å². The molecule has 1 fully saturated rings. The average Bonchev–Trinajstić information content (AvgIpc) is 3.06. The van der Waals surface area contributed by atoms with Crippen LogP contribution in [-0.4, -0.2) is 36.5 Å². The maximum absolute atomic E-state index is 4.82. The fraction of sp³-hybridized carbons (Fsp3) is 0.750. The molecule has 2 aliphatic rings. The number of aromatic nitrogens is 1. The Hall–Kier alpha value is -0.370. The lowest BCUT2D eigenvalue weighted by atomic mass is 10.0. The lowest BCUT2D eigenvalue weighted by Crippen LogP contribution is -2.40. The molecule has 0 aliphatic heterocycles. The minimum absolute atomic E-state index is 0. The van der Waals surface area contributed by atoms with Gasteiger partial charge in [-0.3, -0.25) is 4.99 Å². The van der Waals surface area contributed by atoms with Crippen molar-refractivity contribution in [2.24, 2.45) is 10.4 Å². The Labute approximate surface area is 154 Å². The van der Waals surface area contributed by atoms with Gasteiger partial charge >= 0.3 is 0 Å². The second-order valence-corrected chi connectivity index (χ2v) is 7.92. The summed E-state index contributed by atoms with van der Waals surface area (Å²) >= 11 is 1.89. The topological polar surface area (TPSA) is 40.5 Å². The van der Waals surface area contributed by atoms with Crippen LogP contribution in [-0.2, 0) is 19.4 Å². The van der Waals surface area contributed by atoms with Crippen molar-refractivity contribution in [1.82, 2.24) is 15.2 Å². The Morgan fingerprint density at radius 3 is 2.73 bits per heavy atom. The highest BCUT2D eigenvalue weighted by Gasteiger charge is 2.37. The standard InChI is InChI=1S/C16H26N4S.HI/c1-16(8-9-16)11-18-15(17-2)20(3)10-14-19-12-6-4-5-7-13(12)21-14;/h4-11H2,1-3H3,(H,17,18);1H. The van der Waals surface area contributed by atoms with E-state index in [1.165, 1.54) is 54.1 Å². The molecule has 2 aliphatic carbocycles. The molecule has 0 atom stereocenters. The van der Waals surface area contributed by atoms with Gasteiger partial charge in [0.05, 0.1) is 12.2 Å². The Kier molecular flexibility index (Phi) is 6.10. The van der Waals surface area contributed by atoms with E-state index in [1.54, 1.807) is 0 Å².